The zero-order valence-corrected chi connectivity index (χ0v) is 30.4. The van der Waals surface area contributed by atoms with E-state index in [1.165, 1.54) is 18.4 Å². The fraction of sp³-hybridized carbons (Fsp3) is 0.698. The first-order valence-electron chi connectivity index (χ1n) is 19.0. The first-order valence-corrected chi connectivity index (χ1v) is 19.0. The third-order valence-corrected chi connectivity index (χ3v) is 15.7. The Hall–Kier alpha value is -2.87. The molecule has 4 saturated carbocycles. The van der Waals surface area contributed by atoms with Crippen molar-refractivity contribution in [3.63, 3.8) is 0 Å². The van der Waals surface area contributed by atoms with E-state index < -0.39 is 5.41 Å². The molecule has 1 aromatic rings. The van der Waals surface area contributed by atoms with E-state index in [0.717, 1.165) is 50.5 Å². The van der Waals surface area contributed by atoms with Gasteiger partial charge in [0.05, 0.1) is 16.9 Å². The summed E-state index contributed by atoms with van der Waals surface area (Å²) in [5.74, 6) is 2.41. The standard InChI is InChI=1S/C43H58N2O3/c1-28(2)31-15-21-43(38(47)45-25-23-42(27-44,24-26-45)30-11-9-8-10-12-30)22-16-33-32(37(31)43)13-14-35-40(33,6)19-17-34-39(4,5)36(48-29(3)46)18-20-41(34,35)7/h8-12,16,31-32,34-37H,1,13-15,17-26H2,2-7H3/t31-,32-,34-,35-,36?,37+,40-,41-,43-/m0/s1. The largest absolute Gasteiger partial charge is 0.462 e. The van der Waals surface area contributed by atoms with Crippen molar-refractivity contribution < 1.29 is 14.3 Å². The third kappa shape index (κ3) is 4.74. The molecule has 7 rings (SSSR count). The highest BCUT2D eigenvalue weighted by Gasteiger charge is 2.67. The van der Waals surface area contributed by atoms with E-state index in [0.29, 0.717) is 61.4 Å². The lowest BCUT2D eigenvalue weighted by Gasteiger charge is -2.67. The number of rotatable bonds is 4. The normalized spacial score (nSPS) is 40.9. The van der Waals surface area contributed by atoms with E-state index in [1.807, 2.05) is 18.2 Å². The summed E-state index contributed by atoms with van der Waals surface area (Å²) < 4.78 is 5.94. The minimum atomic E-state index is -0.515. The summed E-state index contributed by atoms with van der Waals surface area (Å²) in [6, 6.07) is 12.9. The van der Waals surface area contributed by atoms with E-state index in [1.54, 1.807) is 12.5 Å². The van der Waals surface area contributed by atoms with E-state index in [2.05, 4.69) is 70.4 Å². The summed E-state index contributed by atoms with van der Waals surface area (Å²) in [5, 5.41) is 10.3. The molecule has 6 aliphatic rings. The van der Waals surface area contributed by atoms with Crippen LogP contribution in [0.25, 0.3) is 0 Å². The lowest BCUT2D eigenvalue weighted by Crippen LogP contribution is -2.62. The molecular weight excluding hydrogens is 592 g/mol. The molecular formula is C43H58N2O3. The van der Waals surface area contributed by atoms with Gasteiger partial charge in [-0.3, -0.25) is 9.59 Å². The molecule has 1 heterocycles. The summed E-state index contributed by atoms with van der Waals surface area (Å²) in [5.41, 5.74) is 3.38. The minimum absolute atomic E-state index is 0.00935. The highest BCUT2D eigenvalue weighted by molar-refractivity contribution is 5.84. The van der Waals surface area contributed by atoms with Crippen LogP contribution >= 0.6 is 0 Å². The Balaban J connectivity index is 1.18. The van der Waals surface area contributed by atoms with E-state index in [-0.39, 0.29) is 33.7 Å². The molecule has 258 valence electrons. The maximum absolute atomic E-state index is 15.0. The molecule has 0 radical (unpaired) electrons. The average Bonchev–Trinajstić information content (AvgIpc) is 3.48. The fourth-order valence-electron chi connectivity index (χ4n) is 13.5. The number of likely N-dealkylation sites (tertiary alicyclic amines) is 1. The first-order chi connectivity index (χ1) is 22.7. The molecule has 0 aromatic heterocycles. The Morgan fingerprint density at radius 1 is 0.896 bits per heavy atom. The van der Waals surface area contributed by atoms with Crippen molar-refractivity contribution in [1.82, 2.24) is 4.90 Å². The molecule has 1 amide bonds. The molecule has 1 unspecified atom stereocenters. The van der Waals surface area contributed by atoms with E-state index in [4.69, 9.17) is 4.74 Å². The number of amides is 1. The van der Waals surface area contributed by atoms with Crippen LogP contribution in [0.5, 0.6) is 0 Å². The Morgan fingerprint density at radius 2 is 1.60 bits per heavy atom. The smallest absolute Gasteiger partial charge is 0.302 e. The van der Waals surface area contributed by atoms with Crippen molar-refractivity contribution in [3.05, 3.63) is 59.7 Å². The SMILES string of the molecule is C=C(C)[C@@H]1CC[C@]2(C(=O)N3CCC(C#N)(c4ccccc4)CC3)CC=C3[C@H](CC[C@@H]4[C@@]5(C)CCC(OC(C)=O)C(C)(C)[C@@H]5CC[C@@]34C)[C@@H]12. The number of hydrogen-bond acceptors (Lipinski definition) is 4. The van der Waals surface area contributed by atoms with Gasteiger partial charge < -0.3 is 9.64 Å². The molecule has 48 heavy (non-hydrogen) atoms. The Bertz CT molecular complexity index is 1540. The summed E-state index contributed by atoms with van der Waals surface area (Å²) in [6.45, 7) is 19.4. The number of ether oxygens (including phenoxy) is 1. The maximum Gasteiger partial charge on any atom is 0.302 e. The number of piperidine rings is 1. The lowest BCUT2D eigenvalue weighted by molar-refractivity contribution is -0.194. The van der Waals surface area contributed by atoms with Crippen LogP contribution < -0.4 is 0 Å². The molecule has 0 spiro atoms. The highest BCUT2D eigenvalue weighted by atomic mass is 16.5. The summed E-state index contributed by atoms with van der Waals surface area (Å²) in [6.07, 6.45) is 13.5. The van der Waals surface area contributed by atoms with Gasteiger partial charge in [0.15, 0.2) is 0 Å². The van der Waals surface area contributed by atoms with Gasteiger partial charge in [-0.2, -0.15) is 5.26 Å². The molecule has 5 fully saturated rings. The summed E-state index contributed by atoms with van der Waals surface area (Å²) in [4.78, 5) is 29.2. The minimum Gasteiger partial charge on any atom is -0.462 e. The second kappa shape index (κ2) is 11.6. The van der Waals surface area contributed by atoms with Crippen LogP contribution in [0.4, 0.5) is 0 Å². The van der Waals surface area contributed by atoms with Crippen molar-refractivity contribution in [1.29, 1.82) is 5.26 Å². The molecule has 5 aliphatic carbocycles. The molecule has 1 saturated heterocycles. The topological polar surface area (TPSA) is 70.4 Å². The van der Waals surface area contributed by atoms with Crippen LogP contribution in [0.2, 0.25) is 0 Å². The number of carbonyl (C=O) groups is 2. The number of nitrogens with zero attached hydrogens (tertiary/aromatic N) is 2. The van der Waals surface area contributed by atoms with Crippen LogP contribution in [0.3, 0.4) is 0 Å². The van der Waals surface area contributed by atoms with Gasteiger partial charge in [-0.05, 0) is 124 Å². The molecule has 9 atom stereocenters. The fourth-order valence-corrected chi connectivity index (χ4v) is 13.5. The second-order valence-electron chi connectivity index (χ2n) is 18.1. The van der Waals surface area contributed by atoms with Crippen LogP contribution in [0.15, 0.2) is 54.1 Å². The van der Waals surface area contributed by atoms with Crippen LogP contribution in [0.1, 0.15) is 118 Å². The van der Waals surface area contributed by atoms with Crippen molar-refractivity contribution in [2.75, 3.05) is 13.1 Å². The van der Waals surface area contributed by atoms with Gasteiger partial charge in [-0.1, -0.05) is 81.8 Å². The zero-order chi connectivity index (χ0) is 34.3. The van der Waals surface area contributed by atoms with Crippen LogP contribution in [0, 0.1) is 62.6 Å². The highest BCUT2D eigenvalue weighted by Crippen LogP contribution is 2.73. The van der Waals surface area contributed by atoms with Gasteiger partial charge in [-0.15, -0.1) is 0 Å². The maximum atomic E-state index is 15.0. The predicted molar refractivity (Wildman–Crippen MR) is 189 cm³/mol. The predicted octanol–water partition coefficient (Wildman–Crippen LogP) is 9.19. The zero-order valence-electron chi connectivity index (χ0n) is 30.4. The van der Waals surface area contributed by atoms with Crippen LogP contribution in [-0.4, -0.2) is 36.0 Å². The molecule has 0 bridgehead atoms. The number of esters is 1. The van der Waals surface area contributed by atoms with Gasteiger partial charge in [-0.25, -0.2) is 0 Å². The summed E-state index contributed by atoms with van der Waals surface area (Å²) in [7, 11) is 0. The number of carbonyl (C=O) groups excluding carboxylic acids is 2. The van der Waals surface area contributed by atoms with Crippen molar-refractivity contribution in [3.8, 4) is 6.07 Å². The molecule has 1 aromatic carbocycles. The van der Waals surface area contributed by atoms with Gasteiger partial charge in [0.1, 0.15) is 6.10 Å². The van der Waals surface area contributed by atoms with Crippen molar-refractivity contribution in [2.24, 2.45) is 51.2 Å². The number of nitriles is 1. The Labute approximate surface area is 289 Å². The summed E-state index contributed by atoms with van der Waals surface area (Å²) >= 11 is 0. The number of hydrogen-bond donors (Lipinski definition) is 0. The molecule has 5 nitrogen and oxygen atoms in total. The molecule has 1 aliphatic heterocycles. The lowest BCUT2D eigenvalue weighted by atomic mass is 9.38. The number of benzene rings is 1. The van der Waals surface area contributed by atoms with Gasteiger partial charge in [0.2, 0.25) is 5.91 Å². The van der Waals surface area contributed by atoms with Gasteiger partial charge >= 0.3 is 5.97 Å². The Morgan fingerprint density at radius 3 is 2.25 bits per heavy atom. The monoisotopic (exact) mass is 650 g/mol. The van der Waals surface area contributed by atoms with Crippen LogP contribution in [-0.2, 0) is 19.7 Å². The number of allylic oxidation sites excluding steroid dienone is 3. The molecule has 5 heteroatoms. The Kier molecular flexibility index (Phi) is 8.12. The van der Waals surface area contributed by atoms with E-state index >= 15 is 0 Å². The van der Waals surface area contributed by atoms with E-state index in [9.17, 15) is 14.9 Å². The van der Waals surface area contributed by atoms with Crippen molar-refractivity contribution >= 4 is 11.9 Å². The first kappa shape index (κ1) is 33.6. The quantitative estimate of drug-likeness (QED) is 0.241. The van der Waals surface area contributed by atoms with Gasteiger partial charge in [0, 0.05) is 25.4 Å². The number of fused-ring (bicyclic) bond motifs is 7. The van der Waals surface area contributed by atoms with Crippen molar-refractivity contribution in [2.45, 2.75) is 124 Å². The van der Waals surface area contributed by atoms with Gasteiger partial charge in [0.25, 0.3) is 0 Å². The average molecular weight is 651 g/mol. The second-order valence-corrected chi connectivity index (χ2v) is 18.1. The third-order valence-electron chi connectivity index (χ3n) is 15.7. The molecule has 0 N–H and O–H groups in total.